The molecule has 0 atom stereocenters. The van der Waals surface area contributed by atoms with Gasteiger partial charge in [-0.05, 0) is 36.6 Å². The number of hydrogen-bond donors (Lipinski definition) is 1. The average Bonchev–Trinajstić information content (AvgIpc) is 3.15. The molecule has 1 fully saturated rings. The lowest BCUT2D eigenvalue weighted by Crippen LogP contribution is -2.36. The molecular formula is C20H19ClFNO3. The lowest BCUT2D eigenvalue weighted by molar-refractivity contribution is -0.153. The SMILES string of the molecule is O=C(COC(=O)C1(c2ccccc2)CCCC1)Nc1cc(Cl)ccc1F. The summed E-state index contributed by atoms with van der Waals surface area (Å²) in [5.74, 6) is -1.63. The Morgan fingerprint density at radius 1 is 1.12 bits per heavy atom. The molecule has 1 saturated carbocycles. The zero-order valence-corrected chi connectivity index (χ0v) is 14.9. The molecule has 0 radical (unpaired) electrons. The minimum absolute atomic E-state index is 0.0443. The van der Waals surface area contributed by atoms with Crippen LogP contribution in [0.2, 0.25) is 5.02 Å². The van der Waals surface area contributed by atoms with Crippen molar-refractivity contribution >= 4 is 29.2 Å². The summed E-state index contributed by atoms with van der Waals surface area (Å²) < 4.78 is 19.0. The van der Waals surface area contributed by atoms with E-state index in [-0.39, 0.29) is 5.69 Å². The van der Waals surface area contributed by atoms with Crippen LogP contribution in [0, 0.1) is 5.82 Å². The second kappa shape index (κ2) is 7.87. The van der Waals surface area contributed by atoms with E-state index in [9.17, 15) is 14.0 Å². The fourth-order valence-electron chi connectivity index (χ4n) is 3.40. The van der Waals surface area contributed by atoms with Crippen molar-refractivity contribution in [3.63, 3.8) is 0 Å². The maximum atomic E-state index is 13.7. The second-order valence-corrected chi connectivity index (χ2v) is 6.84. The van der Waals surface area contributed by atoms with E-state index in [2.05, 4.69) is 5.32 Å². The number of ether oxygens (including phenoxy) is 1. The molecule has 0 spiro atoms. The predicted octanol–water partition coefficient (Wildman–Crippen LogP) is 4.47. The van der Waals surface area contributed by atoms with Crippen LogP contribution < -0.4 is 5.32 Å². The van der Waals surface area contributed by atoms with E-state index in [1.807, 2.05) is 30.3 Å². The normalized spacial score (nSPS) is 15.5. The molecule has 0 aliphatic heterocycles. The Hall–Kier alpha value is -2.40. The van der Waals surface area contributed by atoms with Crippen LogP contribution in [0.15, 0.2) is 48.5 Å². The van der Waals surface area contributed by atoms with Crippen LogP contribution in [-0.2, 0) is 19.7 Å². The van der Waals surface area contributed by atoms with Gasteiger partial charge in [-0.25, -0.2) is 4.39 Å². The Kier molecular flexibility index (Phi) is 5.57. The summed E-state index contributed by atoms with van der Waals surface area (Å²) >= 11 is 5.80. The summed E-state index contributed by atoms with van der Waals surface area (Å²) in [5.41, 5.74) is 0.157. The molecule has 0 saturated heterocycles. The van der Waals surface area contributed by atoms with Crippen LogP contribution in [-0.4, -0.2) is 18.5 Å². The number of anilines is 1. The van der Waals surface area contributed by atoms with Gasteiger partial charge in [0.2, 0.25) is 0 Å². The van der Waals surface area contributed by atoms with Crippen molar-refractivity contribution < 1.29 is 18.7 Å². The molecule has 1 aliphatic rings. The summed E-state index contributed by atoms with van der Waals surface area (Å²) in [6.07, 6.45) is 3.26. The summed E-state index contributed by atoms with van der Waals surface area (Å²) in [6, 6.07) is 13.3. The number of carbonyl (C=O) groups excluding carboxylic acids is 2. The van der Waals surface area contributed by atoms with E-state index in [0.717, 1.165) is 24.5 Å². The first-order chi connectivity index (χ1) is 12.5. The Morgan fingerprint density at radius 2 is 1.81 bits per heavy atom. The standard InChI is InChI=1S/C20H19ClFNO3/c21-15-8-9-16(22)17(12-15)23-18(24)13-26-19(25)20(10-4-5-11-20)14-6-2-1-3-7-14/h1-3,6-9,12H,4-5,10-11,13H2,(H,23,24). The van der Waals surface area contributed by atoms with Crippen molar-refractivity contribution in [2.45, 2.75) is 31.1 Å². The molecule has 2 aromatic carbocycles. The molecule has 1 aliphatic carbocycles. The number of rotatable bonds is 5. The quantitative estimate of drug-likeness (QED) is 0.784. The van der Waals surface area contributed by atoms with Gasteiger partial charge in [-0.3, -0.25) is 9.59 Å². The summed E-state index contributed by atoms with van der Waals surface area (Å²) in [6.45, 7) is -0.473. The van der Waals surface area contributed by atoms with Gasteiger partial charge in [0.25, 0.3) is 5.91 Å². The molecule has 1 amide bonds. The van der Waals surface area contributed by atoms with Crippen molar-refractivity contribution in [3.05, 3.63) is 64.9 Å². The number of nitrogens with one attached hydrogen (secondary N) is 1. The Bertz CT molecular complexity index is 804. The van der Waals surface area contributed by atoms with E-state index in [1.165, 1.54) is 12.1 Å². The molecule has 136 valence electrons. The van der Waals surface area contributed by atoms with E-state index in [4.69, 9.17) is 16.3 Å². The zero-order chi connectivity index (χ0) is 18.6. The highest BCUT2D eigenvalue weighted by atomic mass is 35.5. The molecule has 0 unspecified atom stereocenters. The van der Waals surface area contributed by atoms with Crippen molar-refractivity contribution in [1.82, 2.24) is 0 Å². The van der Waals surface area contributed by atoms with Gasteiger partial charge in [0.1, 0.15) is 5.82 Å². The number of benzene rings is 2. The highest BCUT2D eigenvalue weighted by Crippen LogP contribution is 2.42. The van der Waals surface area contributed by atoms with Crippen LogP contribution in [0.4, 0.5) is 10.1 Å². The average molecular weight is 376 g/mol. The van der Waals surface area contributed by atoms with Crippen LogP contribution in [0.3, 0.4) is 0 Å². The fourth-order valence-corrected chi connectivity index (χ4v) is 3.57. The van der Waals surface area contributed by atoms with E-state index < -0.39 is 29.7 Å². The Balaban J connectivity index is 1.65. The molecule has 3 rings (SSSR count). The molecule has 0 heterocycles. The van der Waals surface area contributed by atoms with Crippen LogP contribution >= 0.6 is 11.6 Å². The smallest absolute Gasteiger partial charge is 0.317 e. The molecule has 6 heteroatoms. The predicted molar refractivity (Wildman–Crippen MR) is 97.6 cm³/mol. The minimum Gasteiger partial charge on any atom is -0.455 e. The summed E-state index contributed by atoms with van der Waals surface area (Å²) in [7, 11) is 0. The van der Waals surface area contributed by atoms with Gasteiger partial charge in [-0.2, -0.15) is 0 Å². The number of halogens is 2. The lowest BCUT2D eigenvalue weighted by Gasteiger charge is -2.27. The lowest BCUT2D eigenvalue weighted by atomic mass is 9.79. The Labute approximate surface area is 156 Å². The van der Waals surface area contributed by atoms with Gasteiger partial charge >= 0.3 is 5.97 Å². The fraction of sp³-hybridized carbons (Fsp3) is 0.300. The molecule has 0 aromatic heterocycles. The van der Waals surface area contributed by atoms with E-state index >= 15 is 0 Å². The first-order valence-electron chi connectivity index (χ1n) is 8.49. The van der Waals surface area contributed by atoms with Crippen LogP contribution in [0.1, 0.15) is 31.2 Å². The van der Waals surface area contributed by atoms with Gasteiger partial charge in [0.15, 0.2) is 6.61 Å². The van der Waals surface area contributed by atoms with Crippen molar-refractivity contribution in [3.8, 4) is 0 Å². The van der Waals surface area contributed by atoms with Gasteiger partial charge in [0, 0.05) is 5.02 Å². The molecule has 4 nitrogen and oxygen atoms in total. The molecule has 1 N–H and O–H groups in total. The number of esters is 1. The van der Waals surface area contributed by atoms with Crippen LogP contribution in [0.5, 0.6) is 0 Å². The summed E-state index contributed by atoms with van der Waals surface area (Å²) in [4.78, 5) is 24.8. The number of carbonyl (C=O) groups is 2. The molecule has 26 heavy (non-hydrogen) atoms. The Morgan fingerprint density at radius 3 is 2.50 bits per heavy atom. The van der Waals surface area contributed by atoms with Gasteiger partial charge < -0.3 is 10.1 Å². The van der Waals surface area contributed by atoms with Gasteiger partial charge in [-0.1, -0.05) is 54.8 Å². The van der Waals surface area contributed by atoms with Gasteiger partial charge in [-0.15, -0.1) is 0 Å². The maximum absolute atomic E-state index is 13.7. The first-order valence-corrected chi connectivity index (χ1v) is 8.87. The highest BCUT2D eigenvalue weighted by Gasteiger charge is 2.44. The van der Waals surface area contributed by atoms with Crippen molar-refractivity contribution in [2.24, 2.45) is 0 Å². The largest absolute Gasteiger partial charge is 0.455 e. The third-order valence-corrected chi connectivity index (χ3v) is 4.95. The third-order valence-electron chi connectivity index (χ3n) is 4.71. The van der Waals surface area contributed by atoms with E-state index in [1.54, 1.807) is 0 Å². The summed E-state index contributed by atoms with van der Waals surface area (Å²) in [5, 5.41) is 2.67. The third kappa shape index (κ3) is 3.88. The second-order valence-electron chi connectivity index (χ2n) is 6.40. The monoisotopic (exact) mass is 375 g/mol. The first kappa shape index (κ1) is 18.4. The number of amides is 1. The van der Waals surface area contributed by atoms with E-state index in [0.29, 0.717) is 17.9 Å². The maximum Gasteiger partial charge on any atom is 0.317 e. The van der Waals surface area contributed by atoms with Crippen molar-refractivity contribution in [2.75, 3.05) is 11.9 Å². The molecular weight excluding hydrogens is 357 g/mol. The minimum atomic E-state index is -0.706. The number of hydrogen-bond acceptors (Lipinski definition) is 3. The topological polar surface area (TPSA) is 55.4 Å². The van der Waals surface area contributed by atoms with Crippen LogP contribution in [0.25, 0.3) is 0 Å². The molecule has 2 aromatic rings. The highest BCUT2D eigenvalue weighted by molar-refractivity contribution is 6.30. The zero-order valence-electron chi connectivity index (χ0n) is 14.1. The molecule has 0 bridgehead atoms. The van der Waals surface area contributed by atoms with Gasteiger partial charge in [0.05, 0.1) is 11.1 Å². The van der Waals surface area contributed by atoms with Crippen molar-refractivity contribution in [1.29, 1.82) is 0 Å².